The summed E-state index contributed by atoms with van der Waals surface area (Å²) in [5, 5.41) is 2.95. The summed E-state index contributed by atoms with van der Waals surface area (Å²) in [4.78, 5) is 23.0. The minimum absolute atomic E-state index is 0.0670. The van der Waals surface area contributed by atoms with Crippen LogP contribution < -0.4 is 5.32 Å². The molecule has 1 amide bonds. The predicted octanol–water partition coefficient (Wildman–Crippen LogP) is 4.95. The highest BCUT2D eigenvalue weighted by molar-refractivity contribution is 5.90. The van der Waals surface area contributed by atoms with Gasteiger partial charge in [-0.05, 0) is 62.3 Å². The SMILES string of the molecule is CC(=O)CCCc1ccc(NC(=O)CCCCc2ccccc2)cc1. The van der Waals surface area contributed by atoms with E-state index in [9.17, 15) is 9.59 Å². The Hall–Kier alpha value is -2.42. The normalized spacial score (nSPS) is 10.4. The quantitative estimate of drug-likeness (QED) is 0.624. The van der Waals surface area contributed by atoms with E-state index in [1.807, 2.05) is 42.5 Å². The number of amides is 1. The van der Waals surface area contributed by atoms with E-state index in [2.05, 4.69) is 17.4 Å². The van der Waals surface area contributed by atoms with Gasteiger partial charge in [0.05, 0.1) is 0 Å². The summed E-state index contributed by atoms with van der Waals surface area (Å²) in [5.74, 6) is 0.300. The van der Waals surface area contributed by atoms with Gasteiger partial charge >= 0.3 is 0 Å². The summed E-state index contributed by atoms with van der Waals surface area (Å²) in [6.45, 7) is 1.62. The van der Waals surface area contributed by atoms with Crippen molar-refractivity contribution in [2.45, 2.75) is 51.9 Å². The zero-order valence-electron chi connectivity index (χ0n) is 15.0. The minimum atomic E-state index is 0.0670. The van der Waals surface area contributed by atoms with Gasteiger partial charge < -0.3 is 10.1 Å². The van der Waals surface area contributed by atoms with E-state index in [0.717, 1.165) is 37.8 Å². The molecule has 3 heteroatoms. The van der Waals surface area contributed by atoms with E-state index < -0.39 is 0 Å². The lowest BCUT2D eigenvalue weighted by Gasteiger charge is -2.07. The second-order valence-electron chi connectivity index (χ2n) is 6.49. The van der Waals surface area contributed by atoms with Crippen molar-refractivity contribution in [3.8, 4) is 0 Å². The van der Waals surface area contributed by atoms with Crippen molar-refractivity contribution in [1.29, 1.82) is 0 Å². The fourth-order valence-electron chi connectivity index (χ4n) is 2.78. The molecule has 0 aliphatic rings. The van der Waals surface area contributed by atoms with Crippen LogP contribution in [-0.2, 0) is 22.4 Å². The fraction of sp³-hybridized carbons (Fsp3) is 0.364. The summed E-state index contributed by atoms with van der Waals surface area (Å²) in [5.41, 5.74) is 3.36. The van der Waals surface area contributed by atoms with E-state index >= 15 is 0 Å². The van der Waals surface area contributed by atoms with Crippen LogP contribution in [0.15, 0.2) is 54.6 Å². The molecule has 2 aromatic rings. The first kappa shape index (κ1) is 18.9. The number of hydrogen-bond acceptors (Lipinski definition) is 2. The molecule has 2 aromatic carbocycles. The predicted molar refractivity (Wildman–Crippen MR) is 103 cm³/mol. The molecule has 0 fully saturated rings. The number of aryl methyl sites for hydroxylation is 2. The lowest BCUT2D eigenvalue weighted by atomic mass is 10.1. The molecule has 0 radical (unpaired) electrons. The summed E-state index contributed by atoms with van der Waals surface area (Å²) in [6.07, 6.45) is 5.88. The first-order valence-corrected chi connectivity index (χ1v) is 9.05. The van der Waals surface area contributed by atoms with Crippen molar-refractivity contribution in [3.63, 3.8) is 0 Å². The van der Waals surface area contributed by atoms with Gasteiger partial charge in [-0.15, -0.1) is 0 Å². The molecule has 132 valence electrons. The number of anilines is 1. The van der Waals surface area contributed by atoms with Gasteiger partial charge in [0.25, 0.3) is 0 Å². The Labute approximate surface area is 150 Å². The molecule has 0 unspecified atom stereocenters. The molecular formula is C22H27NO2. The third-order valence-electron chi connectivity index (χ3n) is 4.19. The fourth-order valence-corrected chi connectivity index (χ4v) is 2.78. The molecule has 0 aromatic heterocycles. The molecule has 0 aliphatic carbocycles. The number of ketones is 1. The molecule has 3 nitrogen and oxygen atoms in total. The van der Waals surface area contributed by atoms with Crippen LogP contribution in [0, 0.1) is 0 Å². The number of hydrogen-bond donors (Lipinski definition) is 1. The van der Waals surface area contributed by atoms with Gasteiger partial charge in [0.15, 0.2) is 0 Å². The van der Waals surface area contributed by atoms with Gasteiger partial charge in [-0.3, -0.25) is 4.79 Å². The molecule has 0 aliphatic heterocycles. The highest BCUT2D eigenvalue weighted by atomic mass is 16.1. The lowest BCUT2D eigenvalue weighted by molar-refractivity contribution is -0.117. The summed E-state index contributed by atoms with van der Waals surface area (Å²) < 4.78 is 0. The van der Waals surface area contributed by atoms with Crippen LogP contribution in [0.1, 0.15) is 50.2 Å². The highest BCUT2D eigenvalue weighted by Crippen LogP contribution is 2.13. The first-order chi connectivity index (χ1) is 12.1. The van der Waals surface area contributed by atoms with Crippen LogP contribution in [-0.4, -0.2) is 11.7 Å². The maximum absolute atomic E-state index is 12.0. The molecular weight excluding hydrogens is 310 g/mol. The third kappa shape index (κ3) is 7.79. The van der Waals surface area contributed by atoms with Gasteiger partial charge in [-0.1, -0.05) is 42.5 Å². The number of rotatable bonds is 10. The Morgan fingerprint density at radius 2 is 1.40 bits per heavy atom. The van der Waals surface area contributed by atoms with Crippen LogP contribution in [0.3, 0.4) is 0 Å². The summed E-state index contributed by atoms with van der Waals surface area (Å²) >= 11 is 0. The summed E-state index contributed by atoms with van der Waals surface area (Å²) in [7, 11) is 0. The van der Waals surface area contributed by atoms with Gasteiger partial charge in [0.2, 0.25) is 5.91 Å². The molecule has 0 saturated heterocycles. The minimum Gasteiger partial charge on any atom is -0.326 e. The summed E-state index contributed by atoms with van der Waals surface area (Å²) in [6, 6.07) is 18.3. The highest BCUT2D eigenvalue weighted by Gasteiger charge is 2.03. The van der Waals surface area contributed by atoms with E-state index in [0.29, 0.717) is 12.8 Å². The molecule has 0 spiro atoms. The van der Waals surface area contributed by atoms with E-state index in [1.54, 1.807) is 6.92 Å². The maximum atomic E-state index is 12.0. The van der Waals surface area contributed by atoms with Gasteiger partial charge in [-0.2, -0.15) is 0 Å². The number of carbonyl (C=O) groups excluding carboxylic acids is 2. The molecule has 1 N–H and O–H groups in total. The topological polar surface area (TPSA) is 46.2 Å². The first-order valence-electron chi connectivity index (χ1n) is 9.05. The van der Waals surface area contributed by atoms with Crippen LogP contribution in [0.4, 0.5) is 5.69 Å². The van der Waals surface area contributed by atoms with E-state index in [1.165, 1.54) is 11.1 Å². The van der Waals surface area contributed by atoms with Crippen molar-refractivity contribution in [2.75, 3.05) is 5.32 Å². The molecule has 0 atom stereocenters. The zero-order valence-corrected chi connectivity index (χ0v) is 15.0. The Kier molecular flexibility index (Phi) is 7.90. The number of Topliss-reactive ketones (excluding diaryl/α,β-unsaturated/α-hetero) is 1. The average molecular weight is 337 g/mol. The van der Waals surface area contributed by atoms with Crippen molar-refractivity contribution < 1.29 is 9.59 Å². The third-order valence-corrected chi connectivity index (χ3v) is 4.19. The molecule has 0 heterocycles. The maximum Gasteiger partial charge on any atom is 0.224 e. The second kappa shape index (κ2) is 10.4. The van der Waals surface area contributed by atoms with E-state index in [-0.39, 0.29) is 11.7 Å². The Morgan fingerprint density at radius 3 is 2.08 bits per heavy atom. The van der Waals surface area contributed by atoms with Gasteiger partial charge in [0.1, 0.15) is 5.78 Å². The van der Waals surface area contributed by atoms with E-state index in [4.69, 9.17) is 0 Å². The number of benzene rings is 2. The van der Waals surface area contributed by atoms with Crippen molar-refractivity contribution >= 4 is 17.4 Å². The van der Waals surface area contributed by atoms with Crippen LogP contribution in [0.5, 0.6) is 0 Å². The van der Waals surface area contributed by atoms with Crippen molar-refractivity contribution in [3.05, 3.63) is 65.7 Å². The monoisotopic (exact) mass is 337 g/mol. The van der Waals surface area contributed by atoms with Crippen molar-refractivity contribution in [1.82, 2.24) is 0 Å². The zero-order chi connectivity index (χ0) is 17.9. The van der Waals surface area contributed by atoms with Crippen LogP contribution in [0.2, 0.25) is 0 Å². The van der Waals surface area contributed by atoms with Gasteiger partial charge in [0, 0.05) is 18.5 Å². The lowest BCUT2D eigenvalue weighted by Crippen LogP contribution is -2.11. The standard InChI is InChI=1S/C22H27NO2/c1-18(24)8-7-12-20-14-16-21(17-15-20)23-22(25)13-6-5-11-19-9-3-2-4-10-19/h2-4,9-10,14-17H,5-8,11-13H2,1H3,(H,23,25). The molecule has 0 bridgehead atoms. The molecule has 2 rings (SSSR count). The Bertz CT molecular complexity index is 662. The Balaban J connectivity index is 1.65. The van der Waals surface area contributed by atoms with Crippen LogP contribution >= 0.6 is 0 Å². The van der Waals surface area contributed by atoms with Gasteiger partial charge in [-0.25, -0.2) is 0 Å². The molecule has 25 heavy (non-hydrogen) atoms. The number of unbranched alkanes of at least 4 members (excludes halogenated alkanes) is 1. The number of carbonyl (C=O) groups is 2. The molecule has 0 saturated carbocycles. The average Bonchev–Trinajstić information content (AvgIpc) is 2.61. The second-order valence-corrected chi connectivity index (χ2v) is 6.49. The largest absolute Gasteiger partial charge is 0.326 e. The van der Waals surface area contributed by atoms with Crippen molar-refractivity contribution in [2.24, 2.45) is 0 Å². The smallest absolute Gasteiger partial charge is 0.224 e. The number of nitrogens with one attached hydrogen (secondary N) is 1. The van der Waals surface area contributed by atoms with Crippen LogP contribution in [0.25, 0.3) is 0 Å². The Morgan fingerprint density at radius 1 is 0.760 bits per heavy atom.